The Labute approximate surface area is 115 Å². The molecule has 1 unspecified atom stereocenters. The molecular formula is C17H29P. The first-order chi connectivity index (χ1) is 8.70. The molecule has 0 saturated carbocycles. The molecule has 0 N–H and O–H groups in total. The van der Waals surface area contributed by atoms with E-state index in [2.05, 4.69) is 45.9 Å². The van der Waals surface area contributed by atoms with E-state index in [-0.39, 0.29) is 7.92 Å². The number of rotatable bonds is 8. The SMILES string of the molecule is CCCCCCP(CCC)c1cccc(C)c1C. The zero-order chi connectivity index (χ0) is 13.4. The Hall–Kier alpha value is -0.350. The highest BCUT2D eigenvalue weighted by Crippen LogP contribution is 2.38. The molecule has 1 aromatic carbocycles. The van der Waals surface area contributed by atoms with Gasteiger partial charge in [-0.05, 0) is 49.0 Å². The maximum absolute atomic E-state index is 2.38. The minimum atomic E-state index is 0.0905. The van der Waals surface area contributed by atoms with Gasteiger partial charge in [0.2, 0.25) is 0 Å². The number of benzene rings is 1. The van der Waals surface area contributed by atoms with Crippen LogP contribution < -0.4 is 5.30 Å². The molecule has 0 saturated heterocycles. The highest BCUT2D eigenvalue weighted by atomic mass is 31.1. The Morgan fingerprint density at radius 3 is 2.33 bits per heavy atom. The Balaban J connectivity index is 2.68. The number of unbranched alkanes of at least 4 members (excludes halogenated alkanes) is 3. The fraction of sp³-hybridized carbons (Fsp3) is 0.647. The van der Waals surface area contributed by atoms with Crippen molar-refractivity contribution in [2.24, 2.45) is 0 Å². The molecule has 18 heavy (non-hydrogen) atoms. The first-order valence-corrected chi connectivity index (χ1v) is 9.23. The molecule has 0 bridgehead atoms. The molecule has 0 aliphatic carbocycles. The minimum Gasteiger partial charge on any atom is -0.0750 e. The van der Waals surface area contributed by atoms with Gasteiger partial charge in [0.25, 0.3) is 0 Å². The van der Waals surface area contributed by atoms with Crippen molar-refractivity contribution in [1.82, 2.24) is 0 Å². The molecule has 0 fully saturated rings. The number of hydrogen-bond donors (Lipinski definition) is 0. The van der Waals surface area contributed by atoms with E-state index in [0.717, 1.165) is 0 Å². The summed E-state index contributed by atoms with van der Waals surface area (Å²) < 4.78 is 0. The smallest absolute Gasteiger partial charge is 0.0209 e. The van der Waals surface area contributed by atoms with Crippen molar-refractivity contribution in [3.63, 3.8) is 0 Å². The summed E-state index contributed by atoms with van der Waals surface area (Å²) in [5.74, 6) is 0. The van der Waals surface area contributed by atoms with Crippen molar-refractivity contribution in [3.05, 3.63) is 29.3 Å². The predicted octanol–water partition coefficient (Wildman–Crippen LogP) is 5.40. The predicted molar refractivity (Wildman–Crippen MR) is 86.6 cm³/mol. The Morgan fingerprint density at radius 1 is 0.889 bits per heavy atom. The lowest BCUT2D eigenvalue weighted by Crippen LogP contribution is -2.11. The third-order valence-corrected chi connectivity index (χ3v) is 6.70. The van der Waals surface area contributed by atoms with Gasteiger partial charge in [0.05, 0.1) is 0 Å². The summed E-state index contributed by atoms with van der Waals surface area (Å²) >= 11 is 0. The van der Waals surface area contributed by atoms with Crippen LogP contribution in [0.25, 0.3) is 0 Å². The summed E-state index contributed by atoms with van der Waals surface area (Å²) in [6.07, 6.45) is 9.76. The number of aryl methyl sites for hydroxylation is 1. The molecule has 1 rings (SSSR count). The van der Waals surface area contributed by atoms with Gasteiger partial charge in [0, 0.05) is 0 Å². The largest absolute Gasteiger partial charge is 0.0750 e. The van der Waals surface area contributed by atoms with Gasteiger partial charge in [-0.3, -0.25) is 0 Å². The van der Waals surface area contributed by atoms with Gasteiger partial charge >= 0.3 is 0 Å². The highest BCUT2D eigenvalue weighted by molar-refractivity contribution is 7.65. The van der Waals surface area contributed by atoms with Gasteiger partial charge in [-0.25, -0.2) is 0 Å². The zero-order valence-electron chi connectivity index (χ0n) is 12.6. The van der Waals surface area contributed by atoms with Crippen LogP contribution >= 0.6 is 7.92 Å². The molecule has 0 aliphatic heterocycles. The van der Waals surface area contributed by atoms with Crippen LogP contribution in [0.15, 0.2) is 18.2 Å². The van der Waals surface area contributed by atoms with Gasteiger partial charge in [0.15, 0.2) is 0 Å². The Bertz CT molecular complexity index is 343. The fourth-order valence-electron chi connectivity index (χ4n) is 2.43. The van der Waals surface area contributed by atoms with Crippen LogP contribution in [-0.2, 0) is 0 Å². The van der Waals surface area contributed by atoms with E-state index in [4.69, 9.17) is 0 Å². The Morgan fingerprint density at radius 2 is 1.67 bits per heavy atom. The van der Waals surface area contributed by atoms with Gasteiger partial charge < -0.3 is 0 Å². The molecule has 0 amide bonds. The summed E-state index contributed by atoms with van der Waals surface area (Å²) in [5, 5.41) is 1.67. The number of hydrogen-bond acceptors (Lipinski definition) is 0. The lowest BCUT2D eigenvalue weighted by atomic mass is 10.1. The summed E-state index contributed by atoms with van der Waals surface area (Å²) in [6.45, 7) is 9.17. The van der Waals surface area contributed by atoms with Crippen LogP contribution in [0.3, 0.4) is 0 Å². The van der Waals surface area contributed by atoms with Crippen molar-refractivity contribution in [2.45, 2.75) is 59.8 Å². The summed E-state index contributed by atoms with van der Waals surface area (Å²) in [4.78, 5) is 0. The molecule has 1 aromatic rings. The molecule has 1 atom stereocenters. The van der Waals surface area contributed by atoms with Crippen molar-refractivity contribution >= 4 is 13.2 Å². The van der Waals surface area contributed by atoms with Crippen molar-refractivity contribution < 1.29 is 0 Å². The second-order valence-corrected chi connectivity index (χ2v) is 7.72. The van der Waals surface area contributed by atoms with Crippen molar-refractivity contribution in [2.75, 3.05) is 12.3 Å². The standard InChI is InChI=1S/C17H29P/c1-5-7-8-9-14-18(13-6-2)17-12-10-11-15(3)16(17)4/h10-12H,5-9,13-14H2,1-4H3. The van der Waals surface area contributed by atoms with Crippen LogP contribution in [-0.4, -0.2) is 12.3 Å². The van der Waals surface area contributed by atoms with E-state index in [0.29, 0.717) is 0 Å². The second kappa shape index (κ2) is 8.70. The van der Waals surface area contributed by atoms with Crippen LogP contribution in [0.1, 0.15) is 57.1 Å². The Kier molecular flexibility index (Phi) is 7.59. The van der Waals surface area contributed by atoms with E-state index in [1.165, 1.54) is 50.0 Å². The minimum absolute atomic E-state index is 0.0905. The molecular weight excluding hydrogens is 235 g/mol. The van der Waals surface area contributed by atoms with E-state index >= 15 is 0 Å². The first-order valence-electron chi connectivity index (χ1n) is 7.51. The molecule has 0 aliphatic rings. The molecule has 0 nitrogen and oxygen atoms in total. The summed E-state index contributed by atoms with van der Waals surface area (Å²) in [7, 11) is 0.0905. The quantitative estimate of drug-likeness (QED) is 0.435. The van der Waals surface area contributed by atoms with Crippen molar-refractivity contribution in [1.29, 1.82) is 0 Å². The lowest BCUT2D eigenvalue weighted by molar-refractivity contribution is 0.705. The van der Waals surface area contributed by atoms with Crippen LogP contribution in [0.2, 0.25) is 0 Å². The molecule has 0 heterocycles. The summed E-state index contributed by atoms with van der Waals surface area (Å²) in [6, 6.07) is 6.87. The van der Waals surface area contributed by atoms with Gasteiger partial charge in [0.1, 0.15) is 0 Å². The molecule has 0 aromatic heterocycles. The van der Waals surface area contributed by atoms with Gasteiger partial charge in [-0.2, -0.15) is 0 Å². The lowest BCUT2D eigenvalue weighted by Gasteiger charge is -2.20. The third kappa shape index (κ3) is 4.73. The molecule has 102 valence electrons. The maximum Gasteiger partial charge on any atom is -0.0209 e. The average Bonchev–Trinajstić information content (AvgIpc) is 2.37. The highest BCUT2D eigenvalue weighted by Gasteiger charge is 2.12. The van der Waals surface area contributed by atoms with Crippen LogP contribution in [0.4, 0.5) is 0 Å². The normalized spacial score (nSPS) is 12.7. The molecule has 1 heteroatoms. The fourth-order valence-corrected chi connectivity index (χ4v) is 5.23. The van der Waals surface area contributed by atoms with E-state index in [1.807, 2.05) is 0 Å². The van der Waals surface area contributed by atoms with Gasteiger partial charge in [-0.15, -0.1) is 0 Å². The summed E-state index contributed by atoms with van der Waals surface area (Å²) in [5.41, 5.74) is 3.01. The second-order valence-electron chi connectivity index (χ2n) is 5.27. The topological polar surface area (TPSA) is 0 Å². The zero-order valence-corrected chi connectivity index (χ0v) is 13.5. The monoisotopic (exact) mass is 264 g/mol. The van der Waals surface area contributed by atoms with Crippen molar-refractivity contribution in [3.8, 4) is 0 Å². The van der Waals surface area contributed by atoms with Gasteiger partial charge in [-0.1, -0.05) is 65.7 Å². The van der Waals surface area contributed by atoms with Crippen LogP contribution in [0, 0.1) is 13.8 Å². The molecule has 0 spiro atoms. The maximum atomic E-state index is 2.38. The average molecular weight is 264 g/mol. The van der Waals surface area contributed by atoms with E-state index < -0.39 is 0 Å². The van der Waals surface area contributed by atoms with Crippen LogP contribution in [0.5, 0.6) is 0 Å². The van der Waals surface area contributed by atoms with E-state index in [9.17, 15) is 0 Å². The molecule has 0 radical (unpaired) electrons. The third-order valence-electron chi connectivity index (χ3n) is 3.69. The first kappa shape index (κ1) is 15.7. The van der Waals surface area contributed by atoms with E-state index in [1.54, 1.807) is 10.9 Å².